The van der Waals surface area contributed by atoms with Gasteiger partial charge in [-0.25, -0.2) is 0 Å². The van der Waals surface area contributed by atoms with Gasteiger partial charge in [0.1, 0.15) is 0 Å². The van der Waals surface area contributed by atoms with E-state index in [1.165, 1.54) is 16.6 Å². The van der Waals surface area contributed by atoms with E-state index in [4.69, 9.17) is 0 Å². The van der Waals surface area contributed by atoms with Crippen LogP contribution in [0.3, 0.4) is 0 Å². The van der Waals surface area contributed by atoms with Crippen LogP contribution in [0.2, 0.25) is 0 Å². The van der Waals surface area contributed by atoms with Gasteiger partial charge in [-0.05, 0) is 46.3 Å². The van der Waals surface area contributed by atoms with Crippen molar-refractivity contribution >= 4 is 28.1 Å². The highest BCUT2D eigenvalue weighted by molar-refractivity contribution is 7.65. The van der Waals surface area contributed by atoms with Crippen molar-refractivity contribution in [2.24, 2.45) is 0 Å². The summed E-state index contributed by atoms with van der Waals surface area (Å²) < 4.78 is 0. The van der Waals surface area contributed by atoms with Crippen molar-refractivity contribution in [1.82, 2.24) is 0 Å². The highest BCUT2D eigenvalue weighted by Crippen LogP contribution is 2.65. The zero-order chi connectivity index (χ0) is 19.4. The second kappa shape index (κ2) is 9.60. The van der Waals surface area contributed by atoms with Gasteiger partial charge in [-0.1, -0.05) is 98.0 Å². The molecule has 0 bridgehead atoms. The molecule has 0 heterocycles. The smallest absolute Gasteiger partial charge is 0.0490 e. The molecule has 0 aliphatic heterocycles. The molecular formula is C24H34BNP. The summed E-state index contributed by atoms with van der Waals surface area (Å²) >= 11 is 0. The summed E-state index contributed by atoms with van der Waals surface area (Å²) in [5.41, 5.74) is 2.46. The number of hydrogen-bond donors (Lipinski definition) is 1. The van der Waals surface area contributed by atoms with E-state index in [2.05, 4.69) is 121 Å². The van der Waals surface area contributed by atoms with Crippen LogP contribution in [-0.4, -0.2) is 24.8 Å². The van der Waals surface area contributed by atoms with Crippen LogP contribution in [0.1, 0.15) is 54.0 Å². The normalized spacial score (nSPS) is 13.9. The average Bonchev–Trinajstić information content (AvgIpc) is 2.53. The number of rotatable bonds is 5. The molecule has 0 amide bonds. The summed E-state index contributed by atoms with van der Waals surface area (Å²) in [6.07, 6.45) is 2.42. The molecule has 0 aliphatic rings. The van der Waals surface area contributed by atoms with Crippen LogP contribution in [0, 0.1) is 0 Å². The molecule has 3 heteroatoms. The first kappa shape index (κ1) is 23.5. The molecule has 0 spiro atoms. The quantitative estimate of drug-likeness (QED) is 0.428. The van der Waals surface area contributed by atoms with Crippen LogP contribution in [0.4, 0.5) is 5.69 Å². The van der Waals surface area contributed by atoms with Crippen LogP contribution >= 0.6 is 7.92 Å². The third kappa shape index (κ3) is 6.85. The molecule has 0 saturated heterocycles. The number of nitrogens with one attached hydrogen (secondary N) is 1. The van der Waals surface area contributed by atoms with Crippen molar-refractivity contribution in [2.75, 3.05) is 5.32 Å². The maximum absolute atomic E-state index is 3.73. The Bertz CT molecular complexity index is 698. The first-order valence-corrected chi connectivity index (χ1v) is 10.8. The number of hydrogen-bond acceptors (Lipinski definition) is 1. The molecular weight excluding hydrogens is 344 g/mol. The molecule has 0 fully saturated rings. The lowest BCUT2D eigenvalue weighted by atomic mass is 10.1. The van der Waals surface area contributed by atoms with E-state index in [1.54, 1.807) is 0 Å². The third-order valence-corrected chi connectivity index (χ3v) is 8.03. The topological polar surface area (TPSA) is 12.0 Å². The van der Waals surface area contributed by atoms with Gasteiger partial charge in [0.25, 0.3) is 0 Å². The fourth-order valence-corrected chi connectivity index (χ4v) is 8.03. The summed E-state index contributed by atoms with van der Waals surface area (Å²) in [4.78, 5) is 0. The Morgan fingerprint density at radius 1 is 0.815 bits per heavy atom. The van der Waals surface area contributed by atoms with Gasteiger partial charge < -0.3 is 5.32 Å². The summed E-state index contributed by atoms with van der Waals surface area (Å²) in [7, 11) is -0.367. The molecule has 0 saturated carbocycles. The lowest BCUT2D eigenvalue weighted by Crippen LogP contribution is -2.30. The Kier molecular flexibility index (Phi) is 8.36. The fraction of sp³-hybridized carbons (Fsp3) is 0.417. The van der Waals surface area contributed by atoms with Gasteiger partial charge in [-0.3, -0.25) is 0 Å². The molecule has 0 unspecified atom stereocenters. The van der Waals surface area contributed by atoms with Crippen molar-refractivity contribution in [3.05, 3.63) is 71.5 Å². The largest absolute Gasteiger partial charge is 0.378 e. The molecule has 1 N–H and O–H groups in total. The van der Waals surface area contributed by atoms with Gasteiger partial charge in [0.15, 0.2) is 0 Å². The van der Waals surface area contributed by atoms with Crippen LogP contribution in [0.25, 0.3) is 6.08 Å². The predicted molar refractivity (Wildman–Crippen MR) is 126 cm³/mol. The van der Waals surface area contributed by atoms with E-state index in [9.17, 15) is 0 Å². The first-order valence-electron chi connectivity index (χ1n) is 9.47. The lowest BCUT2D eigenvalue weighted by Gasteiger charge is -2.45. The van der Waals surface area contributed by atoms with Crippen molar-refractivity contribution in [3.63, 3.8) is 0 Å². The van der Waals surface area contributed by atoms with Gasteiger partial charge in [0.2, 0.25) is 0 Å². The molecule has 1 atom stereocenters. The second-order valence-corrected chi connectivity index (χ2v) is 12.8. The van der Waals surface area contributed by atoms with Gasteiger partial charge in [-0.2, -0.15) is 0 Å². The van der Waals surface area contributed by atoms with Crippen LogP contribution < -0.4 is 5.32 Å². The Morgan fingerprint density at radius 3 is 1.70 bits per heavy atom. The average molecular weight is 378 g/mol. The van der Waals surface area contributed by atoms with Crippen molar-refractivity contribution in [3.8, 4) is 0 Å². The van der Waals surface area contributed by atoms with Crippen molar-refractivity contribution in [2.45, 2.75) is 64.8 Å². The third-order valence-electron chi connectivity index (χ3n) is 4.31. The van der Waals surface area contributed by atoms with Crippen molar-refractivity contribution < 1.29 is 0 Å². The highest BCUT2D eigenvalue weighted by Gasteiger charge is 2.38. The molecule has 27 heavy (non-hydrogen) atoms. The van der Waals surface area contributed by atoms with Gasteiger partial charge in [-0.15, -0.1) is 0 Å². The summed E-state index contributed by atoms with van der Waals surface area (Å²) in [6.45, 7) is 16.6. The first-order chi connectivity index (χ1) is 12.1. The summed E-state index contributed by atoms with van der Waals surface area (Å²) in [5, 5.41) is 5.73. The molecule has 3 radical (unpaired) electrons. The molecule has 2 aromatic carbocycles. The van der Waals surface area contributed by atoms with E-state index in [0.29, 0.717) is 0 Å². The molecule has 2 aromatic rings. The molecule has 0 aromatic heterocycles. The maximum atomic E-state index is 3.73. The molecule has 2 rings (SSSR count). The van der Waals surface area contributed by atoms with Crippen molar-refractivity contribution in [1.29, 1.82) is 0 Å². The zero-order valence-electron chi connectivity index (χ0n) is 18.0. The minimum absolute atomic E-state index is 0. The van der Waals surface area contributed by atoms with Gasteiger partial charge >= 0.3 is 0 Å². The van der Waals surface area contributed by atoms with Crippen LogP contribution in [0.15, 0.2) is 66.0 Å². The second-order valence-electron chi connectivity index (χ2n) is 8.89. The predicted octanol–water partition coefficient (Wildman–Crippen LogP) is 7.23. The molecule has 1 nitrogen and oxygen atoms in total. The van der Waals surface area contributed by atoms with Gasteiger partial charge in [0, 0.05) is 20.1 Å². The zero-order valence-corrected chi connectivity index (χ0v) is 18.8. The van der Waals surface area contributed by atoms with E-state index < -0.39 is 0 Å². The van der Waals surface area contributed by atoms with Gasteiger partial charge in [0.05, 0.1) is 0 Å². The Morgan fingerprint density at radius 2 is 1.26 bits per heavy atom. The fourth-order valence-electron chi connectivity index (χ4n) is 3.74. The summed E-state index contributed by atoms with van der Waals surface area (Å²) in [5.74, 6) is 0. The Labute approximate surface area is 170 Å². The lowest BCUT2D eigenvalue weighted by molar-refractivity contribution is 0.706. The van der Waals surface area contributed by atoms with Crippen LogP contribution in [0.5, 0.6) is 0 Å². The highest BCUT2D eigenvalue weighted by atomic mass is 31.1. The monoisotopic (exact) mass is 378 g/mol. The van der Waals surface area contributed by atoms with E-state index in [1.807, 2.05) is 0 Å². The number of anilines is 1. The Hall–Kier alpha value is -1.53. The standard InChI is InChI=1S/C24H34NP.B/c1-19(25-21-16-12-9-13-17-21)22(18-20-14-10-8-11-15-20)26(23(2,3)4)24(5,6)7;/h8-19,25H,1-7H3;/b22-18+;/t19-;/m0./s1. The molecule has 143 valence electrons. The minimum Gasteiger partial charge on any atom is -0.378 e. The van der Waals surface area contributed by atoms with E-state index in [-0.39, 0.29) is 32.7 Å². The maximum Gasteiger partial charge on any atom is 0.0490 e. The SMILES string of the molecule is C[C@H](Nc1ccccc1)/C(=C\c1ccccc1)P(C(C)(C)C)C(C)(C)C.[B]. The summed E-state index contributed by atoms with van der Waals surface area (Å²) in [6, 6.07) is 21.5. The van der Waals surface area contributed by atoms with E-state index >= 15 is 0 Å². The van der Waals surface area contributed by atoms with E-state index in [0.717, 1.165) is 0 Å². The van der Waals surface area contributed by atoms with Crippen LogP contribution in [-0.2, 0) is 0 Å². The molecule has 0 aliphatic carbocycles. The minimum atomic E-state index is -0.367. The number of para-hydroxylation sites is 1. The number of benzene rings is 2. The Balaban J connectivity index is 0.00000364.